The SMILES string of the molecule is COc1ccc(NC(=O)N(Cc2cc3cc4c(cc3[nH]c2=O)OCCO4)C2CCCCC2)cc1. The van der Waals surface area contributed by atoms with Crippen molar-refractivity contribution in [3.8, 4) is 17.2 Å². The van der Waals surface area contributed by atoms with Gasteiger partial charge in [0.05, 0.1) is 19.2 Å². The number of benzene rings is 2. The Morgan fingerprint density at radius 2 is 1.76 bits per heavy atom. The number of urea groups is 1. The molecule has 2 aliphatic rings. The summed E-state index contributed by atoms with van der Waals surface area (Å²) in [6.45, 7) is 1.21. The zero-order valence-corrected chi connectivity index (χ0v) is 19.3. The standard InChI is InChI=1S/C26H29N3O5/c1-32-21-9-7-19(8-10-21)27-26(31)29(20-5-3-2-4-6-20)16-18-13-17-14-23-24(34-12-11-33-23)15-22(17)28-25(18)30/h7-10,13-15,20H,2-6,11-12,16H2,1H3,(H,27,31)(H,28,30). The van der Waals surface area contributed by atoms with Gasteiger partial charge >= 0.3 is 6.03 Å². The van der Waals surface area contributed by atoms with Crippen LogP contribution < -0.4 is 25.1 Å². The van der Waals surface area contributed by atoms with E-state index in [-0.39, 0.29) is 24.2 Å². The number of H-pyrrole nitrogens is 1. The number of carbonyl (C=O) groups excluding carboxylic acids is 1. The maximum Gasteiger partial charge on any atom is 0.322 e. The van der Waals surface area contributed by atoms with Crippen LogP contribution in [0.1, 0.15) is 37.7 Å². The van der Waals surface area contributed by atoms with Crippen molar-refractivity contribution in [3.63, 3.8) is 0 Å². The van der Waals surface area contributed by atoms with Crippen LogP contribution in [0.25, 0.3) is 10.9 Å². The second kappa shape index (κ2) is 9.67. The van der Waals surface area contributed by atoms with Gasteiger partial charge in [-0.15, -0.1) is 0 Å². The summed E-state index contributed by atoms with van der Waals surface area (Å²) in [6, 6.07) is 12.6. The minimum Gasteiger partial charge on any atom is -0.497 e. The highest BCUT2D eigenvalue weighted by atomic mass is 16.6. The molecule has 1 aliphatic carbocycles. The molecule has 2 aromatic carbocycles. The molecule has 0 unspecified atom stereocenters. The molecule has 1 fully saturated rings. The van der Waals surface area contributed by atoms with Crippen LogP contribution in [0.4, 0.5) is 10.5 Å². The molecule has 5 rings (SSSR count). The molecule has 0 bridgehead atoms. The largest absolute Gasteiger partial charge is 0.497 e. The number of ether oxygens (including phenoxy) is 3. The van der Waals surface area contributed by atoms with Crippen molar-refractivity contribution in [2.75, 3.05) is 25.6 Å². The van der Waals surface area contributed by atoms with Crippen LogP contribution in [0, 0.1) is 0 Å². The zero-order valence-electron chi connectivity index (χ0n) is 19.3. The second-order valence-electron chi connectivity index (χ2n) is 8.79. The van der Waals surface area contributed by atoms with Gasteiger partial charge in [-0.2, -0.15) is 0 Å². The van der Waals surface area contributed by atoms with Crippen LogP contribution in [0.2, 0.25) is 0 Å². The van der Waals surface area contributed by atoms with Gasteiger partial charge in [0, 0.05) is 28.7 Å². The number of carbonyl (C=O) groups is 1. The Balaban J connectivity index is 1.43. The van der Waals surface area contributed by atoms with E-state index in [4.69, 9.17) is 14.2 Å². The molecule has 0 radical (unpaired) electrons. The number of pyridine rings is 1. The van der Waals surface area contributed by atoms with E-state index in [0.717, 1.165) is 36.8 Å². The summed E-state index contributed by atoms with van der Waals surface area (Å²) in [5.41, 5.74) is 1.70. The van der Waals surface area contributed by atoms with Crippen molar-refractivity contribution < 1.29 is 19.0 Å². The number of hydrogen-bond donors (Lipinski definition) is 2. The second-order valence-corrected chi connectivity index (χ2v) is 8.79. The number of hydrogen-bond acceptors (Lipinski definition) is 5. The van der Waals surface area contributed by atoms with Crippen molar-refractivity contribution in [2.24, 2.45) is 0 Å². The Morgan fingerprint density at radius 1 is 1.06 bits per heavy atom. The summed E-state index contributed by atoms with van der Waals surface area (Å²) in [5, 5.41) is 3.84. The van der Waals surface area contributed by atoms with E-state index in [1.54, 1.807) is 30.2 Å². The quantitative estimate of drug-likeness (QED) is 0.573. The van der Waals surface area contributed by atoms with Gasteiger partial charge < -0.3 is 29.4 Å². The van der Waals surface area contributed by atoms with E-state index in [0.29, 0.717) is 41.5 Å². The number of fused-ring (bicyclic) bond motifs is 2. The first-order chi connectivity index (χ1) is 16.6. The summed E-state index contributed by atoms with van der Waals surface area (Å²) in [6.07, 6.45) is 5.19. The fourth-order valence-corrected chi connectivity index (χ4v) is 4.72. The molecule has 178 valence electrons. The first-order valence-electron chi connectivity index (χ1n) is 11.8. The lowest BCUT2D eigenvalue weighted by atomic mass is 9.94. The molecule has 2 heterocycles. The first-order valence-corrected chi connectivity index (χ1v) is 11.8. The molecular formula is C26H29N3O5. The summed E-state index contributed by atoms with van der Waals surface area (Å²) in [4.78, 5) is 31.1. The van der Waals surface area contributed by atoms with E-state index >= 15 is 0 Å². The van der Waals surface area contributed by atoms with Gasteiger partial charge in [0.15, 0.2) is 11.5 Å². The van der Waals surface area contributed by atoms with E-state index in [1.807, 2.05) is 24.3 Å². The maximum absolute atomic E-state index is 13.4. The van der Waals surface area contributed by atoms with Crippen LogP contribution in [-0.2, 0) is 6.54 Å². The van der Waals surface area contributed by atoms with Gasteiger partial charge in [0.1, 0.15) is 19.0 Å². The van der Waals surface area contributed by atoms with Gasteiger partial charge in [0.25, 0.3) is 5.56 Å². The molecule has 2 amide bonds. The Hall–Kier alpha value is -3.68. The van der Waals surface area contributed by atoms with Gasteiger partial charge in [-0.1, -0.05) is 19.3 Å². The molecule has 1 aliphatic heterocycles. The van der Waals surface area contributed by atoms with Gasteiger partial charge in [-0.05, 0) is 49.2 Å². The molecule has 34 heavy (non-hydrogen) atoms. The number of nitrogens with zero attached hydrogens (tertiary/aromatic N) is 1. The fourth-order valence-electron chi connectivity index (χ4n) is 4.72. The summed E-state index contributed by atoms with van der Waals surface area (Å²) >= 11 is 0. The van der Waals surface area contributed by atoms with E-state index in [9.17, 15) is 9.59 Å². The number of nitrogens with one attached hydrogen (secondary N) is 2. The van der Waals surface area contributed by atoms with Crippen LogP contribution in [0.3, 0.4) is 0 Å². The number of methoxy groups -OCH3 is 1. The third-order valence-electron chi connectivity index (χ3n) is 6.54. The van der Waals surface area contributed by atoms with E-state index < -0.39 is 0 Å². The lowest BCUT2D eigenvalue weighted by molar-refractivity contribution is 0.162. The molecule has 3 aromatic rings. The third-order valence-corrected chi connectivity index (χ3v) is 6.54. The highest BCUT2D eigenvalue weighted by molar-refractivity contribution is 5.90. The monoisotopic (exact) mass is 463 g/mol. The molecule has 1 saturated carbocycles. The molecular weight excluding hydrogens is 434 g/mol. The highest BCUT2D eigenvalue weighted by Gasteiger charge is 2.27. The predicted molar refractivity (Wildman–Crippen MR) is 130 cm³/mol. The average molecular weight is 464 g/mol. The Bertz CT molecular complexity index is 1230. The Morgan fingerprint density at radius 3 is 2.47 bits per heavy atom. The minimum absolute atomic E-state index is 0.0855. The van der Waals surface area contributed by atoms with Crippen molar-refractivity contribution >= 4 is 22.6 Å². The normalized spacial score (nSPS) is 15.7. The molecule has 8 nitrogen and oxygen atoms in total. The Kier molecular flexibility index (Phi) is 6.29. The van der Waals surface area contributed by atoms with Gasteiger partial charge in [-0.3, -0.25) is 4.79 Å². The van der Waals surface area contributed by atoms with Crippen LogP contribution >= 0.6 is 0 Å². The Labute approximate surface area is 197 Å². The molecule has 0 saturated heterocycles. The van der Waals surface area contributed by atoms with Crippen LogP contribution in [0.15, 0.2) is 47.3 Å². The van der Waals surface area contributed by atoms with E-state index in [2.05, 4.69) is 10.3 Å². The lowest BCUT2D eigenvalue weighted by Crippen LogP contribution is -2.44. The van der Waals surface area contributed by atoms with Crippen molar-refractivity contribution in [1.29, 1.82) is 0 Å². The van der Waals surface area contributed by atoms with Crippen LogP contribution in [-0.4, -0.2) is 42.3 Å². The summed E-state index contributed by atoms with van der Waals surface area (Å²) in [7, 11) is 1.61. The third kappa shape index (κ3) is 4.66. The maximum atomic E-state index is 13.4. The van der Waals surface area contributed by atoms with Crippen molar-refractivity contribution in [2.45, 2.75) is 44.7 Å². The van der Waals surface area contributed by atoms with Crippen molar-refractivity contribution in [3.05, 3.63) is 58.4 Å². The summed E-state index contributed by atoms with van der Waals surface area (Å²) in [5.74, 6) is 2.02. The molecule has 8 heteroatoms. The van der Waals surface area contributed by atoms with Crippen LogP contribution in [0.5, 0.6) is 17.2 Å². The highest BCUT2D eigenvalue weighted by Crippen LogP contribution is 2.34. The topological polar surface area (TPSA) is 92.9 Å². The summed E-state index contributed by atoms with van der Waals surface area (Å²) < 4.78 is 16.5. The first kappa shape index (κ1) is 22.1. The predicted octanol–water partition coefficient (Wildman–Crippen LogP) is 4.67. The molecule has 2 N–H and O–H groups in total. The number of aromatic amines is 1. The zero-order chi connectivity index (χ0) is 23.5. The number of aromatic nitrogens is 1. The minimum atomic E-state index is -0.210. The number of anilines is 1. The average Bonchev–Trinajstić information content (AvgIpc) is 2.87. The molecule has 0 spiro atoms. The van der Waals surface area contributed by atoms with E-state index in [1.165, 1.54) is 6.42 Å². The fraction of sp³-hybridized carbons (Fsp3) is 0.385. The lowest BCUT2D eigenvalue weighted by Gasteiger charge is -2.34. The number of amides is 2. The smallest absolute Gasteiger partial charge is 0.322 e. The molecule has 0 atom stereocenters. The number of rotatable bonds is 5. The van der Waals surface area contributed by atoms with Gasteiger partial charge in [-0.25, -0.2) is 4.79 Å². The van der Waals surface area contributed by atoms with Gasteiger partial charge in [0.2, 0.25) is 0 Å². The van der Waals surface area contributed by atoms with Crippen molar-refractivity contribution in [1.82, 2.24) is 9.88 Å². The molecule has 1 aromatic heterocycles.